The van der Waals surface area contributed by atoms with E-state index >= 15 is 0 Å². The Morgan fingerprint density at radius 3 is 2.84 bits per heavy atom. The first-order valence-electron chi connectivity index (χ1n) is 12.9. The predicted molar refractivity (Wildman–Crippen MR) is 142 cm³/mol. The van der Waals surface area contributed by atoms with E-state index in [4.69, 9.17) is 4.74 Å². The molecule has 0 radical (unpaired) electrons. The fourth-order valence-corrected chi connectivity index (χ4v) is 5.08. The van der Waals surface area contributed by atoms with Crippen molar-refractivity contribution in [3.05, 3.63) is 90.3 Å². The van der Waals surface area contributed by atoms with Crippen molar-refractivity contribution < 1.29 is 13.9 Å². The minimum Gasteiger partial charge on any atom is -0.491 e. The van der Waals surface area contributed by atoms with E-state index < -0.39 is 0 Å². The lowest BCUT2D eigenvalue weighted by atomic mass is 10.0. The van der Waals surface area contributed by atoms with E-state index in [1.54, 1.807) is 28.9 Å². The highest BCUT2D eigenvalue weighted by molar-refractivity contribution is 5.98. The summed E-state index contributed by atoms with van der Waals surface area (Å²) in [4.78, 5) is 28.5. The van der Waals surface area contributed by atoms with Crippen LogP contribution in [-0.4, -0.2) is 49.5 Å². The van der Waals surface area contributed by atoms with E-state index in [0.29, 0.717) is 43.1 Å². The summed E-state index contributed by atoms with van der Waals surface area (Å²) in [6, 6.07) is 18.0. The number of carbonyl (C=O) groups is 1. The predicted octanol–water partition coefficient (Wildman–Crippen LogP) is 5.07. The summed E-state index contributed by atoms with van der Waals surface area (Å²) in [6.07, 6.45) is 7.00. The number of para-hydroxylation sites is 1. The molecule has 9 heteroatoms. The third kappa shape index (κ3) is 4.91. The average molecular weight is 511 g/mol. The number of pyridine rings is 1. The molecule has 1 aliphatic rings. The van der Waals surface area contributed by atoms with E-state index in [1.165, 1.54) is 18.5 Å². The molecule has 0 N–H and O–H groups in total. The van der Waals surface area contributed by atoms with Crippen LogP contribution in [0.1, 0.15) is 41.7 Å². The van der Waals surface area contributed by atoms with Gasteiger partial charge in [0.15, 0.2) is 5.78 Å². The second-order valence-corrected chi connectivity index (χ2v) is 9.50. The molecule has 38 heavy (non-hydrogen) atoms. The SMILES string of the molecule is O=C(CCCc1ccc(F)cc1)c1cc(OC[C@H]2CCCN2c2ccnc3ncnn23)c2ccccc2n1. The van der Waals surface area contributed by atoms with Crippen LogP contribution in [0.15, 0.2) is 73.2 Å². The van der Waals surface area contributed by atoms with Crippen LogP contribution in [0.4, 0.5) is 10.2 Å². The number of Topliss-reactive ketones (excluding diaryl/α,β-unsaturated/α-hetero) is 1. The van der Waals surface area contributed by atoms with Gasteiger partial charge in [-0.3, -0.25) is 4.79 Å². The largest absolute Gasteiger partial charge is 0.491 e. The van der Waals surface area contributed by atoms with E-state index in [2.05, 4.69) is 25.0 Å². The van der Waals surface area contributed by atoms with Gasteiger partial charge in [-0.1, -0.05) is 24.3 Å². The summed E-state index contributed by atoms with van der Waals surface area (Å²) < 4.78 is 21.3. The van der Waals surface area contributed by atoms with Gasteiger partial charge in [-0.2, -0.15) is 14.6 Å². The van der Waals surface area contributed by atoms with Crippen molar-refractivity contribution in [2.75, 3.05) is 18.1 Å². The normalized spacial score (nSPS) is 15.4. The third-order valence-electron chi connectivity index (χ3n) is 7.01. The monoisotopic (exact) mass is 510 g/mol. The van der Waals surface area contributed by atoms with E-state index in [0.717, 1.165) is 41.7 Å². The number of aromatic nitrogens is 5. The summed E-state index contributed by atoms with van der Waals surface area (Å²) >= 11 is 0. The zero-order valence-corrected chi connectivity index (χ0v) is 20.8. The highest BCUT2D eigenvalue weighted by Crippen LogP contribution is 2.29. The molecule has 1 saturated heterocycles. The quantitative estimate of drug-likeness (QED) is 0.256. The molecular weight excluding hydrogens is 483 g/mol. The fourth-order valence-electron chi connectivity index (χ4n) is 5.08. The molecule has 0 spiro atoms. The number of anilines is 1. The molecule has 8 nitrogen and oxygen atoms in total. The number of carbonyl (C=O) groups excluding carboxylic acids is 1. The molecule has 5 aromatic rings. The molecule has 0 amide bonds. The minimum absolute atomic E-state index is 0.0319. The maximum atomic E-state index is 13.2. The lowest BCUT2D eigenvalue weighted by Crippen LogP contribution is -2.35. The van der Waals surface area contributed by atoms with Gasteiger partial charge < -0.3 is 9.64 Å². The highest BCUT2D eigenvalue weighted by Gasteiger charge is 2.28. The highest BCUT2D eigenvalue weighted by atomic mass is 19.1. The van der Waals surface area contributed by atoms with Crippen molar-refractivity contribution >= 4 is 28.3 Å². The Morgan fingerprint density at radius 2 is 1.95 bits per heavy atom. The Hall–Kier alpha value is -4.40. The van der Waals surface area contributed by atoms with Gasteiger partial charge in [0.1, 0.15) is 36.0 Å². The number of fused-ring (bicyclic) bond motifs is 2. The van der Waals surface area contributed by atoms with Crippen molar-refractivity contribution in [2.24, 2.45) is 0 Å². The molecule has 1 atom stereocenters. The number of benzene rings is 2. The van der Waals surface area contributed by atoms with Crippen LogP contribution in [0.25, 0.3) is 16.7 Å². The van der Waals surface area contributed by atoms with Gasteiger partial charge in [-0.15, -0.1) is 0 Å². The van der Waals surface area contributed by atoms with Crippen LogP contribution in [0.5, 0.6) is 5.75 Å². The van der Waals surface area contributed by atoms with Gasteiger partial charge in [-0.25, -0.2) is 14.4 Å². The zero-order chi connectivity index (χ0) is 25.9. The smallest absolute Gasteiger partial charge is 0.254 e. The standard InChI is InChI=1S/C29H27FN6O2/c30-21-12-10-20(11-13-21)5-3-9-26(37)25-17-27(23-7-1-2-8-24(23)34-25)38-18-22-6-4-16-35(22)28-14-15-31-29-32-19-33-36(28)29/h1-2,7-8,10-15,17,19,22H,3-6,9,16,18H2/t22-/m1/s1. The van der Waals surface area contributed by atoms with Crippen molar-refractivity contribution in [2.45, 2.75) is 38.1 Å². The molecule has 0 unspecified atom stereocenters. The maximum absolute atomic E-state index is 13.2. The summed E-state index contributed by atoms with van der Waals surface area (Å²) in [5.41, 5.74) is 2.14. The van der Waals surface area contributed by atoms with Crippen LogP contribution in [-0.2, 0) is 6.42 Å². The molecule has 1 fully saturated rings. The molecule has 0 bridgehead atoms. The lowest BCUT2D eigenvalue weighted by Gasteiger charge is -2.26. The first-order chi connectivity index (χ1) is 18.7. The number of halogens is 1. The van der Waals surface area contributed by atoms with Gasteiger partial charge in [0, 0.05) is 30.6 Å². The second kappa shape index (κ2) is 10.5. The third-order valence-corrected chi connectivity index (χ3v) is 7.01. The number of hydrogen-bond donors (Lipinski definition) is 0. The Kier molecular flexibility index (Phi) is 6.64. The van der Waals surface area contributed by atoms with Gasteiger partial charge in [0.2, 0.25) is 0 Å². The Labute approximate surface area is 219 Å². The minimum atomic E-state index is -0.258. The molecular formula is C29H27FN6O2. The van der Waals surface area contributed by atoms with Crippen LogP contribution >= 0.6 is 0 Å². The lowest BCUT2D eigenvalue weighted by molar-refractivity contribution is 0.0975. The number of aryl methyl sites for hydroxylation is 1. The van der Waals surface area contributed by atoms with Crippen molar-refractivity contribution in [1.29, 1.82) is 0 Å². The Balaban J connectivity index is 1.18. The topological polar surface area (TPSA) is 85.5 Å². The van der Waals surface area contributed by atoms with Crippen molar-refractivity contribution in [3.63, 3.8) is 0 Å². The van der Waals surface area contributed by atoms with Crippen molar-refractivity contribution in [1.82, 2.24) is 24.6 Å². The average Bonchev–Trinajstić information content (AvgIpc) is 3.62. The van der Waals surface area contributed by atoms with Gasteiger partial charge in [-0.05, 0) is 61.6 Å². The molecule has 4 heterocycles. The van der Waals surface area contributed by atoms with Gasteiger partial charge in [0.25, 0.3) is 5.78 Å². The van der Waals surface area contributed by atoms with Gasteiger partial charge >= 0.3 is 0 Å². The van der Waals surface area contributed by atoms with Crippen LogP contribution < -0.4 is 9.64 Å². The maximum Gasteiger partial charge on any atom is 0.254 e. The molecule has 0 aliphatic carbocycles. The van der Waals surface area contributed by atoms with E-state index in [1.807, 2.05) is 30.3 Å². The number of ether oxygens (including phenoxy) is 1. The van der Waals surface area contributed by atoms with Crippen LogP contribution in [0.3, 0.4) is 0 Å². The summed E-state index contributed by atoms with van der Waals surface area (Å²) in [5, 5.41) is 5.21. The summed E-state index contributed by atoms with van der Waals surface area (Å²) in [5.74, 6) is 1.87. The number of nitrogens with zero attached hydrogens (tertiary/aromatic N) is 6. The first-order valence-corrected chi connectivity index (χ1v) is 12.9. The fraction of sp³-hybridized carbons (Fsp3) is 0.276. The second-order valence-electron chi connectivity index (χ2n) is 9.50. The van der Waals surface area contributed by atoms with E-state index in [-0.39, 0.29) is 17.6 Å². The summed E-state index contributed by atoms with van der Waals surface area (Å²) in [7, 11) is 0. The molecule has 6 rings (SSSR count). The summed E-state index contributed by atoms with van der Waals surface area (Å²) in [6.45, 7) is 1.35. The molecule has 192 valence electrons. The zero-order valence-electron chi connectivity index (χ0n) is 20.8. The van der Waals surface area contributed by atoms with Gasteiger partial charge in [0.05, 0.1) is 11.6 Å². The molecule has 2 aromatic carbocycles. The van der Waals surface area contributed by atoms with Crippen LogP contribution in [0, 0.1) is 5.82 Å². The number of rotatable bonds is 9. The molecule has 0 saturated carbocycles. The van der Waals surface area contributed by atoms with E-state index in [9.17, 15) is 9.18 Å². The Bertz CT molecular complexity index is 1590. The molecule has 1 aliphatic heterocycles. The number of ketones is 1. The number of hydrogen-bond acceptors (Lipinski definition) is 7. The van der Waals surface area contributed by atoms with Crippen molar-refractivity contribution in [3.8, 4) is 5.75 Å². The first kappa shape index (κ1) is 24.0. The Morgan fingerprint density at radius 1 is 1.08 bits per heavy atom. The molecule has 3 aromatic heterocycles. The van der Waals surface area contributed by atoms with Crippen LogP contribution in [0.2, 0.25) is 0 Å².